The average molecular weight is 352 g/mol. The van der Waals surface area contributed by atoms with Crippen LogP contribution in [0.2, 0.25) is 10.0 Å². The maximum atomic E-state index is 11.8. The highest BCUT2D eigenvalue weighted by molar-refractivity contribution is 6.42. The second-order valence-electron chi connectivity index (χ2n) is 4.94. The summed E-state index contributed by atoms with van der Waals surface area (Å²) in [4.78, 5) is 23.5. The first-order valence-electron chi connectivity index (χ1n) is 6.91. The molecule has 0 bridgehead atoms. The molecule has 0 radical (unpaired) electrons. The maximum absolute atomic E-state index is 11.8. The number of halogens is 2. The molecule has 2 aromatic rings. The zero-order chi connectivity index (χ0) is 16.8. The fraction of sp³-hybridized carbons (Fsp3) is 0.176. The van der Waals surface area contributed by atoms with Crippen LogP contribution in [-0.2, 0) is 20.7 Å². The summed E-state index contributed by atoms with van der Waals surface area (Å²) in [7, 11) is 0. The van der Waals surface area contributed by atoms with Gasteiger partial charge >= 0.3 is 5.97 Å². The van der Waals surface area contributed by atoms with Gasteiger partial charge in [0.1, 0.15) is 0 Å². The predicted molar refractivity (Wildman–Crippen MR) is 90.9 cm³/mol. The number of carbonyl (C=O) groups excluding carboxylic acids is 2. The second kappa shape index (κ2) is 7.99. The lowest BCUT2D eigenvalue weighted by atomic mass is 10.1. The first-order valence-corrected chi connectivity index (χ1v) is 7.66. The van der Waals surface area contributed by atoms with Crippen molar-refractivity contribution in [1.82, 2.24) is 0 Å². The van der Waals surface area contributed by atoms with Crippen molar-refractivity contribution in [2.45, 2.75) is 13.3 Å². The van der Waals surface area contributed by atoms with Crippen molar-refractivity contribution in [2.75, 3.05) is 11.9 Å². The topological polar surface area (TPSA) is 55.4 Å². The van der Waals surface area contributed by atoms with Gasteiger partial charge in [0.2, 0.25) is 0 Å². The minimum Gasteiger partial charge on any atom is -0.455 e. The molecule has 0 aliphatic heterocycles. The third-order valence-electron chi connectivity index (χ3n) is 3.16. The van der Waals surface area contributed by atoms with E-state index in [9.17, 15) is 9.59 Å². The van der Waals surface area contributed by atoms with E-state index in [1.807, 2.05) is 31.2 Å². The number of aryl methyl sites for hydroxylation is 1. The molecule has 1 N–H and O–H groups in total. The molecule has 6 heteroatoms. The van der Waals surface area contributed by atoms with Crippen molar-refractivity contribution in [1.29, 1.82) is 0 Å². The number of nitrogens with one attached hydrogen (secondary N) is 1. The minimum atomic E-state index is -0.455. The zero-order valence-electron chi connectivity index (χ0n) is 12.4. The molecule has 4 nitrogen and oxygen atoms in total. The molecule has 0 saturated carbocycles. The van der Waals surface area contributed by atoms with Crippen LogP contribution < -0.4 is 5.32 Å². The standard InChI is InChI=1S/C17H15Cl2NO3/c1-11-4-2-3-5-12(11)8-17(22)23-10-16(21)20-13-6-7-14(18)15(19)9-13/h2-7,9H,8,10H2,1H3,(H,20,21). The number of hydrogen-bond acceptors (Lipinski definition) is 3. The van der Waals surface area contributed by atoms with E-state index in [1.54, 1.807) is 12.1 Å². The van der Waals surface area contributed by atoms with Gasteiger partial charge in [0.15, 0.2) is 6.61 Å². The van der Waals surface area contributed by atoms with Gasteiger partial charge in [0.05, 0.1) is 16.5 Å². The Labute approximate surface area is 144 Å². The number of rotatable bonds is 5. The van der Waals surface area contributed by atoms with Crippen LogP contribution in [0.15, 0.2) is 42.5 Å². The Hall–Kier alpha value is -2.04. The molecule has 0 spiro atoms. The number of anilines is 1. The summed E-state index contributed by atoms with van der Waals surface area (Å²) in [5, 5.41) is 3.31. The Balaban J connectivity index is 1.83. The molecule has 0 atom stereocenters. The van der Waals surface area contributed by atoms with Crippen LogP contribution in [0, 0.1) is 6.92 Å². The second-order valence-corrected chi connectivity index (χ2v) is 5.76. The molecule has 2 aromatic carbocycles. The van der Waals surface area contributed by atoms with E-state index in [-0.39, 0.29) is 13.0 Å². The first-order chi connectivity index (χ1) is 11.0. The van der Waals surface area contributed by atoms with Gasteiger partial charge in [-0.2, -0.15) is 0 Å². The number of hydrogen-bond donors (Lipinski definition) is 1. The third kappa shape index (κ3) is 5.27. The van der Waals surface area contributed by atoms with Gasteiger partial charge in [0.25, 0.3) is 5.91 Å². The highest BCUT2D eigenvalue weighted by atomic mass is 35.5. The molecular weight excluding hydrogens is 337 g/mol. The van der Waals surface area contributed by atoms with E-state index in [1.165, 1.54) is 6.07 Å². The fourth-order valence-corrected chi connectivity index (χ4v) is 2.23. The molecule has 1 amide bonds. The lowest BCUT2D eigenvalue weighted by molar-refractivity contribution is -0.146. The van der Waals surface area contributed by atoms with Gasteiger partial charge in [-0.15, -0.1) is 0 Å². The number of ether oxygens (including phenoxy) is 1. The monoisotopic (exact) mass is 351 g/mol. The smallest absolute Gasteiger partial charge is 0.310 e. The Morgan fingerprint density at radius 2 is 1.83 bits per heavy atom. The van der Waals surface area contributed by atoms with Crippen LogP contribution in [0.25, 0.3) is 0 Å². The SMILES string of the molecule is Cc1ccccc1CC(=O)OCC(=O)Nc1ccc(Cl)c(Cl)c1. The Bertz CT molecular complexity index is 732. The van der Waals surface area contributed by atoms with Crippen LogP contribution in [0.4, 0.5) is 5.69 Å². The normalized spacial score (nSPS) is 10.2. The van der Waals surface area contributed by atoms with Gasteiger partial charge in [0, 0.05) is 5.69 Å². The lowest BCUT2D eigenvalue weighted by Crippen LogP contribution is -2.21. The number of amides is 1. The highest BCUT2D eigenvalue weighted by Gasteiger charge is 2.10. The van der Waals surface area contributed by atoms with Crippen molar-refractivity contribution in [2.24, 2.45) is 0 Å². The van der Waals surface area contributed by atoms with Crippen molar-refractivity contribution in [3.8, 4) is 0 Å². The van der Waals surface area contributed by atoms with Crippen molar-refractivity contribution in [3.05, 3.63) is 63.6 Å². The van der Waals surface area contributed by atoms with E-state index in [2.05, 4.69) is 5.32 Å². The van der Waals surface area contributed by atoms with Gasteiger partial charge in [-0.05, 0) is 36.2 Å². The average Bonchev–Trinajstić information content (AvgIpc) is 2.51. The van der Waals surface area contributed by atoms with E-state index in [4.69, 9.17) is 27.9 Å². The Kier molecular flexibility index (Phi) is 6.02. The van der Waals surface area contributed by atoms with Crippen molar-refractivity contribution < 1.29 is 14.3 Å². The van der Waals surface area contributed by atoms with Crippen LogP contribution >= 0.6 is 23.2 Å². The fourth-order valence-electron chi connectivity index (χ4n) is 1.93. The number of benzene rings is 2. The van der Waals surface area contributed by atoms with Crippen LogP contribution in [0.1, 0.15) is 11.1 Å². The summed E-state index contributed by atoms with van der Waals surface area (Å²) in [6.07, 6.45) is 0.132. The largest absolute Gasteiger partial charge is 0.455 e. The third-order valence-corrected chi connectivity index (χ3v) is 3.90. The van der Waals surface area contributed by atoms with Gasteiger partial charge in [-0.25, -0.2) is 0 Å². The molecule has 0 aliphatic carbocycles. The molecule has 2 rings (SSSR count). The highest BCUT2D eigenvalue weighted by Crippen LogP contribution is 2.24. The quantitative estimate of drug-likeness (QED) is 0.827. The van der Waals surface area contributed by atoms with Gasteiger partial charge < -0.3 is 10.1 Å². The molecular formula is C17H15Cl2NO3. The molecule has 0 aliphatic rings. The van der Waals surface area contributed by atoms with E-state index < -0.39 is 11.9 Å². The Morgan fingerprint density at radius 1 is 1.09 bits per heavy atom. The maximum Gasteiger partial charge on any atom is 0.310 e. The van der Waals surface area contributed by atoms with E-state index >= 15 is 0 Å². The number of esters is 1. The van der Waals surface area contributed by atoms with Crippen molar-refractivity contribution >= 4 is 40.8 Å². The zero-order valence-corrected chi connectivity index (χ0v) is 13.9. The lowest BCUT2D eigenvalue weighted by Gasteiger charge is -2.08. The van der Waals surface area contributed by atoms with Gasteiger partial charge in [-0.3, -0.25) is 9.59 Å². The van der Waals surface area contributed by atoms with E-state index in [0.717, 1.165) is 11.1 Å². The molecule has 23 heavy (non-hydrogen) atoms. The van der Waals surface area contributed by atoms with Crippen LogP contribution in [-0.4, -0.2) is 18.5 Å². The molecule has 0 saturated heterocycles. The van der Waals surface area contributed by atoms with E-state index in [0.29, 0.717) is 15.7 Å². The molecule has 0 aromatic heterocycles. The molecule has 0 unspecified atom stereocenters. The van der Waals surface area contributed by atoms with Crippen molar-refractivity contribution in [3.63, 3.8) is 0 Å². The van der Waals surface area contributed by atoms with Crippen LogP contribution in [0.5, 0.6) is 0 Å². The first kappa shape index (κ1) is 17.3. The summed E-state index contributed by atoms with van der Waals surface area (Å²) >= 11 is 11.7. The van der Waals surface area contributed by atoms with Gasteiger partial charge in [-0.1, -0.05) is 47.5 Å². The summed E-state index contributed by atoms with van der Waals surface area (Å²) in [5.41, 5.74) is 2.37. The minimum absolute atomic E-state index is 0.132. The predicted octanol–water partition coefficient (Wildman–Crippen LogP) is 4.03. The molecule has 0 heterocycles. The number of carbonyl (C=O) groups is 2. The summed E-state index contributed by atoms with van der Waals surface area (Å²) in [5.74, 6) is -0.898. The van der Waals surface area contributed by atoms with Crippen LogP contribution in [0.3, 0.4) is 0 Å². The Morgan fingerprint density at radius 3 is 2.52 bits per heavy atom. The molecule has 0 fully saturated rings. The summed E-state index contributed by atoms with van der Waals surface area (Å²) in [6, 6.07) is 12.2. The molecule has 120 valence electrons. The summed E-state index contributed by atoms with van der Waals surface area (Å²) in [6.45, 7) is 1.56. The summed E-state index contributed by atoms with van der Waals surface area (Å²) < 4.78 is 4.98.